The summed E-state index contributed by atoms with van der Waals surface area (Å²) < 4.78 is 0. The first-order chi connectivity index (χ1) is 6.86. The average molecular weight is 196 g/mol. The third kappa shape index (κ3) is 3.81. The molecule has 4 nitrogen and oxygen atoms in total. The van der Waals surface area contributed by atoms with E-state index >= 15 is 0 Å². The maximum absolute atomic E-state index is 5.37. The summed E-state index contributed by atoms with van der Waals surface area (Å²) in [5, 5.41) is 3.27. The number of nitrogens with zero attached hydrogens (tertiary/aromatic N) is 2. The molecule has 1 aliphatic rings. The van der Waals surface area contributed by atoms with Crippen LogP contribution in [-0.4, -0.2) is 42.6 Å². The highest BCUT2D eigenvalue weighted by Crippen LogP contribution is 2.06. The van der Waals surface area contributed by atoms with Gasteiger partial charge in [0, 0.05) is 32.0 Å². The van der Waals surface area contributed by atoms with Crippen LogP contribution < -0.4 is 11.1 Å². The van der Waals surface area contributed by atoms with Crippen molar-refractivity contribution in [3.8, 4) is 0 Å². The first kappa shape index (κ1) is 11.1. The van der Waals surface area contributed by atoms with Gasteiger partial charge in [-0.05, 0) is 19.2 Å². The van der Waals surface area contributed by atoms with Gasteiger partial charge >= 0.3 is 0 Å². The molecule has 0 fully saturated rings. The van der Waals surface area contributed by atoms with E-state index in [1.54, 1.807) is 0 Å². The first-order valence-corrected chi connectivity index (χ1v) is 5.08. The van der Waals surface area contributed by atoms with Crippen LogP contribution in [0.3, 0.4) is 0 Å². The first-order valence-electron chi connectivity index (χ1n) is 5.08. The lowest BCUT2D eigenvalue weighted by atomic mass is 10.4. The smallest absolute Gasteiger partial charge is 0.0935 e. The number of rotatable bonds is 7. The Morgan fingerprint density at radius 3 is 2.93 bits per heavy atom. The van der Waals surface area contributed by atoms with E-state index in [1.165, 1.54) is 0 Å². The predicted octanol–water partition coefficient (Wildman–Crippen LogP) is 0.115. The number of hydrogen-bond donors (Lipinski definition) is 2. The molecule has 0 aliphatic carbocycles. The van der Waals surface area contributed by atoms with E-state index in [1.807, 2.05) is 12.4 Å². The Labute approximate surface area is 86.0 Å². The third-order valence-electron chi connectivity index (χ3n) is 2.17. The molecule has 0 bridgehead atoms. The van der Waals surface area contributed by atoms with Crippen molar-refractivity contribution in [2.45, 2.75) is 6.42 Å². The van der Waals surface area contributed by atoms with Crippen LogP contribution in [0.4, 0.5) is 0 Å². The zero-order valence-electron chi connectivity index (χ0n) is 8.65. The lowest BCUT2D eigenvalue weighted by Crippen LogP contribution is -2.28. The monoisotopic (exact) mass is 196 g/mol. The Balaban J connectivity index is 1.98. The van der Waals surface area contributed by atoms with Gasteiger partial charge in [-0.2, -0.15) is 0 Å². The summed E-state index contributed by atoms with van der Waals surface area (Å²) in [6.45, 7) is 8.40. The minimum atomic E-state index is 0.716. The summed E-state index contributed by atoms with van der Waals surface area (Å²) in [7, 11) is 0. The molecular weight excluding hydrogens is 176 g/mol. The lowest BCUT2D eigenvalue weighted by Gasteiger charge is -2.18. The van der Waals surface area contributed by atoms with Crippen molar-refractivity contribution >= 4 is 0 Å². The molecule has 4 heteroatoms. The molecule has 0 unspecified atom stereocenters. The molecular formula is C10H20N4. The zero-order chi connectivity index (χ0) is 10.2. The van der Waals surface area contributed by atoms with Crippen LogP contribution in [0.15, 0.2) is 25.2 Å². The second kappa shape index (κ2) is 6.45. The molecule has 80 valence electrons. The van der Waals surface area contributed by atoms with Gasteiger partial charge in [-0.1, -0.05) is 6.58 Å². The highest BCUT2D eigenvalue weighted by Gasteiger charge is 2.07. The minimum Gasteiger partial charge on any atom is -0.358 e. The van der Waals surface area contributed by atoms with Crippen LogP contribution in [0.25, 0.3) is 0 Å². The van der Waals surface area contributed by atoms with Crippen LogP contribution >= 0.6 is 0 Å². The van der Waals surface area contributed by atoms with Crippen molar-refractivity contribution in [3.05, 3.63) is 25.2 Å². The molecule has 1 aliphatic heterocycles. The molecule has 0 saturated heterocycles. The zero-order valence-corrected chi connectivity index (χ0v) is 8.65. The summed E-state index contributed by atoms with van der Waals surface area (Å²) in [5.41, 5.74) is 5.37. The minimum absolute atomic E-state index is 0.716. The van der Waals surface area contributed by atoms with Crippen LogP contribution in [0, 0.1) is 0 Å². The van der Waals surface area contributed by atoms with Crippen molar-refractivity contribution < 1.29 is 0 Å². The quantitative estimate of drug-likeness (QED) is 0.568. The van der Waals surface area contributed by atoms with E-state index in [2.05, 4.69) is 27.9 Å². The highest BCUT2D eigenvalue weighted by atomic mass is 15.3. The van der Waals surface area contributed by atoms with E-state index in [4.69, 9.17) is 5.73 Å². The van der Waals surface area contributed by atoms with Gasteiger partial charge in [-0.3, -0.25) is 0 Å². The average Bonchev–Trinajstić information content (AvgIpc) is 2.65. The van der Waals surface area contributed by atoms with E-state index < -0.39 is 0 Å². The standard InChI is InChI=1S/C10H20N4/c1-2-13-8-9-14(10-13)7-3-5-12-6-4-11/h2,8-9,12H,1,3-7,10-11H2. The summed E-state index contributed by atoms with van der Waals surface area (Å²) in [4.78, 5) is 4.33. The number of nitrogens with one attached hydrogen (secondary N) is 1. The second-order valence-electron chi connectivity index (χ2n) is 3.34. The molecule has 1 rings (SSSR count). The molecule has 0 spiro atoms. The topological polar surface area (TPSA) is 44.5 Å². The largest absolute Gasteiger partial charge is 0.358 e. The van der Waals surface area contributed by atoms with Gasteiger partial charge in [-0.15, -0.1) is 0 Å². The van der Waals surface area contributed by atoms with Gasteiger partial charge in [0.15, 0.2) is 0 Å². The van der Waals surface area contributed by atoms with Gasteiger partial charge < -0.3 is 20.9 Å². The van der Waals surface area contributed by atoms with Crippen LogP contribution in [0.1, 0.15) is 6.42 Å². The van der Waals surface area contributed by atoms with Crippen molar-refractivity contribution in [3.63, 3.8) is 0 Å². The van der Waals surface area contributed by atoms with Crippen LogP contribution in [0.2, 0.25) is 0 Å². The normalized spacial score (nSPS) is 15.2. The second-order valence-corrected chi connectivity index (χ2v) is 3.34. The Morgan fingerprint density at radius 1 is 1.43 bits per heavy atom. The third-order valence-corrected chi connectivity index (χ3v) is 2.17. The Morgan fingerprint density at radius 2 is 2.29 bits per heavy atom. The van der Waals surface area contributed by atoms with Gasteiger partial charge in [-0.25, -0.2) is 0 Å². The Hall–Kier alpha value is -1.00. The van der Waals surface area contributed by atoms with Crippen molar-refractivity contribution in [1.29, 1.82) is 0 Å². The fourth-order valence-corrected chi connectivity index (χ4v) is 1.38. The maximum Gasteiger partial charge on any atom is 0.0935 e. The van der Waals surface area contributed by atoms with E-state index in [-0.39, 0.29) is 0 Å². The van der Waals surface area contributed by atoms with Gasteiger partial charge in [0.25, 0.3) is 0 Å². The fourth-order valence-electron chi connectivity index (χ4n) is 1.38. The lowest BCUT2D eigenvalue weighted by molar-refractivity contribution is 0.310. The van der Waals surface area contributed by atoms with E-state index in [0.717, 1.165) is 32.7 Å². The Bertz CT molecular complexity index is 191. The molecule has 3 N–H and O–H groups in total. The highest BCUT2D eigenvalue weighted by molar-refractivity contribution is 4.94. The van der Waals surface area contributed by atoms with Crippen LogP contribution in [-0.2, 0) is 0 Å². The summed E-state index contributed by atoms with van der Waals surface area (Å²) in [6.07, 6.45) is 7.13. The van der Waals surface area contributed by atoms with Gasteiger partial charge in [0.1, 0.15) is 0 Å². The van der Waals surface area contributed by atoms with Crippen molar-refractivity contribution in [1.82, 2.24) is 15.1 Å². The molecule has 0 radical (unpaired) electrons. The predicted molar refractivity (Wildman–Crippen MR) is 59.3 cm³/mol. The Kier molecular flexibility index (Phi) is 5.11. The molecule has 1 heterocycles. The molecule has 14 heavy (non-hydrogen) atoms. The SMILES string of the molecule is C=CN1C=CN(CCCNCCN)C1. The summed E-state index contributed by atoms with van der Waals surface area (Å²) in [5.74, 6) is 0. The molecule has 0 aromatic carbocycles. The van der Waals surface area contributed by atoms with Crippen molar-refractivity contribution in [2.75, 3.05) is 32.8 Å². The van der Waals surface area contributed by atoms with E-state index in [9.17, 15) is 0 Å². The molecule has 0 amide bonds. The molecule has 0 saturated carbocycles. The van der Waals surface area contributed by atoms with Crippen LogP contribution in [0.5, 0.6) is 0 Å². The van der Waals surface area contributed by atoms with Crippen molar-refractivity contribution in [2.24, 2.45) is 5.73 Å². The number of hydrogen-bond acceptors (Lipinski definition) is 4. The fraction of sp³-hybridized carbons (Fsp3) is 0.600. The summed E-state index contributed by atoms with van der Waals surface area (Å²) in [6, 6.07) is 0. The number of nitrogens with two attached hydrogens (primary N) is 1. The van der Waals surface area contributed by atoms with E-state index in [0.29, 0.717) is 6.54 Å². The van der Waals surface area contributed by atoms with Gasteiger partial charge in [0.2, 0.25) is 0 Å². The molecule has 0 aromatic rings. The van der Waals surface area contributed by atoms with Gasteiger partial charge in [0.05, 0.1) is 6.67 Å². The maximum atomic E-state index is 5.37. The summed E-state index contributed by atoms with van der Waals surface area (Å²) >= 11 is 0. The molecule has 0 aromatic heterocycles. The molecule has 0 atom stereocenters.